The molecule has 21 heavy (non-hydrogen) atoms. The maximum Gasteiger partial charge on any atom is 0.323 e. The van der Waals surface area contributed by atoms with Crippen molar-refractivity contribution >= 4 is 21.9 Å². The van der Waals surface area contributed by atoms with Crippen LogP contribution in [0.5, 0.6) is 6.01 Å². The van der Waals surface area contributed by atoms with Gasteiger partial charge < -0.3 is 15.4 Å². The van der Waals surface area contributed by atoms with Crippen molar-refractivity contribution in [1.82, 2.24) is 19.7 Å². The third-order valence-electron chi connectivity index (χ3n) is 2.19. The predicted octanol–water partition coefficient (Wildman–Crippen LogP) is 0.0533. The van der Waals surface area contributed by atoms with Gasteiger partial charge in [0.1, 0.15) is 0 Å². The molecule has 9 nitrogen and oxygen atoms in total. The Morgan fingerprint density at radius 1 is 1.00 bits per heavy atom. The maximum atomic E-state index is 10.9. The zero-order chi connectivity index (χ0) is 15.7. The van der Waals surface area contributed by atoms with Crippen molar-refractivity contribution in [3.05, 3.63) is 0 Å². The highest BCUT2D eigenvalue weighted by molar-refractivity contribution is 7.88. The summed E-state index contributed by atoms with van der Waals surface area (Å²) in [6, 6.07) is 0.227. The number of sulfonamides is 1. The SMILES string of the molecule is CCCNc1nc(NCCNS(C)(=O)=O)nc(OCC)n1. The van der Waals surface area contributed by atoms with Gasteiger partial charge in [-0.1, -0.05) is 6.92 Å². The van der Waals surface area contributed by atoms with E-state index in [1.165, 1.54) is 0 Å². The summed E-state index contributed by atoms with van der Waals surface area (Å²) < 4.78 is 29.5. The van der Waals surface area contributed by atoms with E-state index in [2.05, 4.69) is 30.3 Å². The first-order valence-electron chi connectivity index (χ1n) is 6.76. The molecule has 120 valence electrons. The fourth-order valence-corrected chi connectivity index (χ4v) is 1.83. The fraction of sp³-hybridized carbons (Fsp3) is 0.727. The van der Waals surface area contributed by atoms with Gasteiger partial charge in [0.05, 0.1) is 12.9 Å². The predicted molar refractivity (Wildman–Crippen MR) is 81.1 cm³/mol. The maximum absolute atomic E-state index is 10.9. The fourth-order valence-electron chi connectivity index (χ4n) is 1.36. The highest BCUT2D eigenvalue weighted by atomic mass is 32.2. The molecule has 0 aliphatic carbocycles. The van der Waals surface area contributed by atoms with Crippen LogP contribution < -0.4 is 20.1 Å². The molecule has 1 rings (SSSR count). The standard InChI is InChI=1S/C11H22N6O3S/c1-4-6-12-9-15-10(17-11(16-9)20-5-2)13-7-8-14-21(3,18)19/h14H,4-8H2,1-3H3,(H2,12,13,15,16,17). The van der Waals surface area contributed by atoms with Crippen LogP contribution in [0.25, 0.3) is 0 Å². The Morgan fingerprint density at radius 2 is 1.62 bits per heavy atom. The van der Waals surface area contributed by atoms with E-state index in [-0.39, 0.29) is 12.6 Å². The van der Waals surface area contributed by atoms with Crippen molar-refractivity contribution in [2.45, 2.75) is 20.3 Å². The Labute approximate surface area is 125 Å². The van der Waals surface area contributed by atoms with E-state index in [0.29, 0.717) is 25.0 Å². The van der Waals surface area contributed by atoms with Gasteiger partial charge in [-0.15, -0.1) is 0 Å². The van der Waals surface area contributed by atoms with Crippen molar-refractivity contribution < 1.29 is 13.2 Å². The zero-order valence-electron chi connectivity index (χ0n) is 12.5. The van der Waals surface area contributed by atoms with Crippen molar-refractivity contribution in [3.63, 3.8) is 0 Å². The molecule has 1 aromatic rings. The summed E-state index contributed by atoms with van der Waals surface area (Å²) in [6.45, 7) is 5.67. The summed E-state index contributed by atoms with van der Waals surface area (Å²) in [7, 11) is -3.20. The highest BCUT2D eigenvalue weighted by Crippen LogP contribution is 2.10. The number of rotatable bonds is 10. The lowest BCUT2D eigenvalue weighted by Crippen LogP contribution is -2.28. The molecule has 0 aliphatic rings. The quantitative estimate of drug-likeness (QED) is 0.518. The molecule has 0 atom stereocenters. The van der Waals surface area contributed by atoms with Crippen LogP contribution in [0.15, 0.2) is 0 Å². The van der Waals surface area contributed by atoms with E-state index in [4.69, 9.17) is 4.74 Å². The van der Waals surface area contributed by atoms with Gasteiger partial charge in [0, 0.05) is 19.6 Å². The first kappa shape index (κ1) is 17.4. The summed E-state index contributed by atoms with van der Waals surface area (Å²) in [5.41, 5.74) is 0. The van der Waals surface area contributed by atoms with Gasteiger partial charge in [0.25, 0.3) is 0 Å². The van der Waals surface area contributed by atoms with E-state index in [0.717, 1.165) is 19.2 Å². The average molecular weight is 318 g/mol. The van der Waals surface area contributed by atoms with Gasteiger partial charge in [-0.3, -0.25) is 0 Å². The molecule has 0 radical (unpaired) electrons. The number of anilines is 2. The van der Waals surface area contributed by atoms with Crippen LogP contribution >= 0.6 is 0 Å². The summed E-state index contributed by atoms with van der Waals surface area (Å²) in [4.78, 5) is 12.4. The van der Waals surface area contributed by atoms with Gasteiger partial charge in [-0.05, 0) is 13.3 Å². The second-order valence-corrected chi connectivity index (χ2v) is 6.05. The summed E-state index contributed by atoms with van der Waals surface area (Å²) in [6.07, 6.45) is 2.05. The molecule has 0 aromatic carbocycles. The largest absolute Gasteiger partial charge is 0.464 e. The van der Waals surface area contributed by atoms with Crippen molar-refractivity contribution in [1.29, 1.82) is 0 Å². The third kappa shape index (κ3) is 7.61. The van der Waals surface area contributed by atoms with Crippen LogP contribution in [-0.4, -0.2) is 55.9 Å². The van der Waals surface area contributed by atoms with Gasteiger partial charge in [-0.25, -0.2) is 13.1 Å². The Hall–Kier alpha value is -1.68. The van der Waals surface area contributed by atoms with E-state index in [9.17, 15) is 8.42 Å². The smallest absolute Gasteiger partial charge is 0.323 e. The lowest BCUT2D eigenvalue weighted by molar-refractivity contribution is 0.312. The summed E-state index contributed by atoms with van der Waals surface area (Å²) >= 11 is 0. The number of hydrogen-bond acceptors (Lipinski definition) is 8. The van der Waals surface area contributed by atoms with Crippen LogP contribution in [0.3, 0.4) is 0 Å². The minimum Gasteiger partial charge on any atom is -0.464 e. The van der Waals surface area contributed by atoms with Gasteiger partial charge in [0.2, 0.25) is 21.9 Å². The van der Waals surface area contributed by atoms with Gasteiger partial charge >= 0.3 is 6.01 Å². The lowest BCUT2D eigenvalue weighted by atomic mass is 10.5. The second kappa shape index (κ2) is 8.57. The molecule has 0 amide bonds. The van der Waals surface area contributed by atoms with Crippen LogP contribution in [0.2, 0.25) is 0 Å². The molecular formula is C11H22N6O3S. The molecule has 1 aromatic heterocycles. The first-order valence-corrected chi connectivity index (χ1v) is 8.65. The summed E-state index contributed by atoms with van der Waals surface area (Å²) in [5.74, 6) is 0.760. The molecule has 1 heterocycles. The second-order valence-electron chi connectivity index (χ2n) is 4.22. The van der Waals surface area contributed by atoms with E-state index in [1.807, 2.05) is 13.8 Å². The van der Waals surface area contributed by atoms with Gasteiger partial charge in [0.15, 0.2) is 0 Å². The van der Waals surface area contributed by atoms with Crippen LogP contribution in [0.4, 0.5) is 11.9 Å². The van der Waals surface area contributed by atoms with Crippen molar-refractivity contribution in [2.75, 3.05) is 43.1 Å². The normalized spacial score (nSPS) is 11.2. The van der Waals surface area contributed by atoms with Gasteiger partial charge in [-0.2, -0.15) is 15.0 Å². The number of ether oxygens (including phenoxy) is 1. The topological polar surface area (TPSA) is 118 Å². The molecule has 0 saturated carbocycles. The van der Waals surface area contributed by atoms with Crippen LogP contribution in [0, 0.1) is 0 Å². The van der Waals surface area contributed by atoms with Crippen LogP contribution in [0.1, 0.15) is 20.3 Å². The molecule has 0 unspecified atom stereocenters. The number of nitrogens with one attached hydrogen (secondary N) is 3. The molecule has 0 saturated heterocycles. The molecule has 3 N–H and O–H groups in total. The molecule has 0 spiro atoms. The minimum absolute atomic E-state index is 0.227. The van der Waals surface area contributed by atoms with E-state index < -0.39 is 10.0 Å². The lowest BCUT2D eigenvalue weighted by Gasteiger charge is -2.09. The molecule has 0 fully saturated rings. The Balaban J connectivity index is 2.64. The Bertz CT molecular complexity index is 537. The highest BCUT2D eigenvalue weighted by Gasteiger charge is 2.07. The number of nitrogens with zero attached hydrogens (tertiary/aromatic N) is 3. The molecule has 10 heteroatoms. The first-order chi connectivity index (χ1) is 9.94. The van der Waals surface area contributed by atoms with E-state index >= 15 is 0 Å². The third-order valence-corrected chi connectivity index (χ3v) is 2.92. The van der Waals surface area contributed by atoms with E-state index in [1.54, 1.807) is 0 Å². The summed E-state index contributed by atoms with van der Waals surface area (Å²) in [5, 5.41) is 5.98. The van der Waals surface area contributed by atoms with Crippen molar-refractivity contribution in [2.24, 2.45) is 0 Å². The Kier molecular flexibility index (Phi) is 7.09. The van der Waals surface area contributed by atoms with Crippen molar-refractivity contribution in [3.8, 4) is 6.01 Å². The monoisotopic (exact) mass is 318 g/mol. The molecule has 0 bridgehead atoms. The van der Waals surface area contributed by atoms with Crippen LogP contribution in [-0.2, 0) is 10.0 Å². The number of hydrogen-bond donors (Lipinski definition) is 3. The molecular weight excluding hydrogens is 296 g/mol. The molecule has 0 aliphatic heterocycles. The average Bonchev–Trinajstić information content (AvgIpc) is 2.41. The minimum atomic E-state index is -3.20. The Morgan fingerprint density at radius 3 is 2.14 bits per heavy atom. The number of aromatic nitrogens is 3. The zero-order valence-corrected chi connectivity index (χ0v) is 13.3.